The van der Waals surface area contributed by atoms with Gasteiger partial charge < -0.3 is 19.9 Å². The van der Waals surface area contributed by atoms with E-state index in [2.05, 4.69) is 5.32 Å². The Labute approximate surface area is 217 Å². The fourth-order valence-electron chi connectivity index (χ4n) is 5.06. The monoisotopic (exact) mass is 497 g/mol. The molecule has 0 aliphatic carbocycles. The summed E-state index contributed by atoms with van der Waals surface area (Å²) in [5.41, 5.74) is 3.30. The van der Waals surface area contributed by atoms with E-state index in [1.807, 2.05) is 74.5 Å². The number of fused-ring (bicyclic) bond motifs is 2. The van der Waals surface area contributed by atoms with Crippen LogP contribution in [0.4, 0.5) is 5.69 Å². The molecule has 0 saturated carbocycles. The lowest BCUT2D eigenvalue weighted by molar-refractivity contribution is -0.122. The van der Waals surface area contributed by atoms with E-state index in [0.29, 0.717) is 36.3 Å². The minimum absolute atomic E-state index is 0.0972. The molecule has 7 heteroatoms. The number of benzene rings is 3. The first-order valence-electron chi connectivity index (χ1n) is 12.8. The van der Waals surface area contributed by atoms with E-state index in [-0.39, 0.29) is 30.4 Å². The molecule has 2 aliphatic rings. The zero-order valence-electron chi connectivity index (χ0n) is 21.1. The molecule has 190 valence electrons. The number of anilines is 1. The first kappa shape index (κ1) is 24.6. The van der Waals surface area contributed by atoms with E-state index < -0.39 is 6.04 Å². The lowest BCUT2D eigenvalue weighted by Gasteiger charge is -2.26. The summed E-state index contributed by atoms with van der Waals surface area (Å²) in [5.74, 6) is 0.365. The van der Waals surface area contributed by atoms with Gasteiger partial charge in [0.25, 0.3) is 11.8 Å². The highest BCUT2D eigenvalue weighted by atomic mass is 16.5. The molecule has 1 fully saturated rings. The van der Waals surface area contributed by atoms with Gasteiger partial charge in [0.1, 0.15) is 11.8 Å². The largest absolute Gasteiger partial charge is 0.491 e. The molecule has 5 rings (SSSR count). The van der Waals surface area contributed by atoms with Gasteiger partial charge in [0, 0.05) is 18.7 Å². The molecule has 1 atom stereocenters. The Hall–Kier alpha value is -4.13. The fraction of sp³-hybridized carbons (Fsp3) is 0.300. The second kappa shape index (κ2) is 10.5. The Morgan fingerprint density at radius 3 is 2.51 bits per heavy atom. The van der Waals surface area contributed by atoms with Gasteiger partial charge in [0.05, 0.1) is 23.9 Å². The summed E-state index contributed by atoms with van der Waals surface area (Å²) in [6, 6.07) is 21.7. The Morgan fingerprint density at radius 1 is 1.00 bits per heavy atom. The van der Waals surface area contributed by atoms with Crippen LogP contribution in [0, 0.1) is 0 Å². The predicted molar refractivity (Wildman–Crippen MR) is 142 cm³/mol. The van der Waals surface area contributed by atoms with Crippen LogP contribution < -0.4 is 15.0 Å². The Balaban J connectivity index is 1.36. The van der Waals surface area contributed by atoms with Crippen LogP contribution >= 0.6 is 0 Å². The number of amides is 3. The van der Waals surface area contributed by atoms with E-state index in [0.717, 1.165) is 23.3 Å². The third kappa shape index (κ3) is 5.07. The summed E-state index contributed by atoms with van der Waals surface area (Å²) in [4.78, 5) is 43.4. The van der Waals surface area contributed by atoms with E-state index >= 15 is 0 Å². The molecule has 0 spiro atoms. The van der Waals surface area contributed by atoms with Crippen LogP contribution in [-0.4, -0.2) is 41.3 Å². The van der Waals surface area contributed by atoms with Gasteiger partial charge in [-0.25, -0.2) is 0 Å². The SMILES string of the molecule is CC(C)Oc1ccc(CNC(=O)c2ccccc2CN2C(=O)[C@@H]3CCCN3C(=O)c3ccccc32)cc1. The molecule has 2 aliphatic heterocycles. The van der Waals surface area contributed by atoms with E-state index in [9.17, 15) is 14.4 Å². The average molecular weight is 498 g/mol. The quantitative estimate of drug-likeness (QED) is 0.519. The fourth-order valence-corrected chi connectivity index (χ4v) is 5.06. The molecule has 1 saturated heterocycles. The second-order valence-electron chi connectivity index (χ2n) is 9.75. The highest BCUT2D eigenvalue weighted by Gasteiger charge is 2.42. The maximum atomic E-state index is 13.6. The van der Waals surface area contributed by atoms with Gasteiger partial charge in [-0.1, -0.05) is 42.5 Å². The highest BCUT2D eigenvalue weighted by Crippen LogP contribution is 2.33. The number of hydrogen-bond donors (Lipinski definition) is 1. The summed E-state index contributed by atoms with van der Waals surface area (Å²) in [6.45, 7) is 5.11. The number of rotatable bonds is 7. The minimum Gasteiger partial charge on any atom is -0.491 e. The molecule has 37 heavy (non-hydrogen) atoms. The highest BCUT2D eigenvalue weighted by molar-refractivity contribution is 6.11. The molecule has 3 aromatic rings. The molecular formula is C30H31N3O4. The Bertz CT molecular complexity index is 1320. The normalized spacial score (nSPS) is 16.9. The number of carbonyl (C=O) groups excluding carboxylic acids is 3. The summed E-state index contributed by atoms with van der Waals surface area (Å²) >= 11 is 0. The van der Waals surface area contributed by atoms with Crippen LogP contribution in [0.5, 0.6) is 5.75 Å². The van der Waals surface area contributed by atoms with Crippen molar-refractivity contribution in [2.24, 2.45) is 0 Å². The molecule has 3 amide bonds. The molecule has 0 unspecified atom stereocenters. The molecule has 7 nitrogen and oxygen atoms in total. The number of nitrogens with zero attached hydrogens (tertiary/aromatic N) is 2. The third-order valence-electron chi connectivity index (χ3n) is 6.83. The van der Waals surface area contributed by atoms with E-state index in [1.54, 1.807) is 21.9 Å². The zero-order chi connectivity index (χ0) is 25.9. The van der Waals surface area contributed by atoms with Gasteiger partial charge in [0.15, 0.2) is 0 Å². The van der Waals surface area contributed by atoms with Crippen molar-refractivity contribution in [3.8, 4) is 5.75 Å². The van der Waals surface area contributed by atoms with Crippen molar-refractivity contribution >= 4 is 23.4 Å². The van der Waals surface area contributed by atoms with Crippen LogP contribution in [0.15, 0.2) is 72.8 Å². The van der Waals surface area contributed by atoms with Crippen molar-refractivity contribution in [3.63, 3.8) is 0 Å². The van der Waals surface area contributed by atoms with Crippen molar-refractivity contribution in [1.29, 1.82) is 0 Å². The van der Waals surface area contributed by atoms with Crippen molar-refractivity contribution in [1.82, 2.24) is 10.2 Å². The predicted octanol–water partition coefficient (Wildman–Crippen LogP) is 4.56. The number of hydrogen-bond acceptors (Lipinski definition) is 4. The first-order chi connectivity index (χ1) is 17.9. The van der Waals surface area contributed by atoms with Gasteiger partial charge in [-0.2, -0.15) is 0 Å². The third-order valence-corrected chi connectivity index (χ3v) is 6.83. The molecule has 0 radical (unpaired) electrons. The standard InChI is InChI=1S/C30H31N3O4/c1-20(2)37-23-15-13-21(14-16-23)18-31-28(34)24-9-4-3-8-22(24)19-33-26-11-6-5-10-25(26)29(35)32-17-7-12-27(32)30(33)36/h3-6,8-11,13-16,20,27H,7,12,17-19H2,1-2H3,(H,31,34)/t27-/m0/s1. The molecular weight excluding hydrogens is 466 g/mol. The van der Waals surface area contributed by atoms with Gasteiger partial charge in [-0.15, -0.1) is 0 Å². The number of nitrogens with one attached hydrogen (secondary N) is 1. The van der Waals surface area contributed by atoms with E-state index in [4.69, 9.17) is 4.74 Å². The number of ether oxygens (including phenoxy) is 1. The molecule has 1 N–H and O–H groups in total. The van der Waals surface area contributed by atoms with Gasteiger partial charge in [0.2, 0.25) is 5.91 Å². The zero-order valence-corrected chi connectivity index (χ0v) is 21.1. The summed E-state index contributed by atoms with van der Waals surface area (Å²) < 4.78 is 5.68. The van der Waals surface area contributed by atoms with Crippen molar-refractivity contribution < 1.29 is 19.1 Å². The molecule has 3 aromatic carbocycles. The van der Waals surface area contributed by atoms with Crippen LogP contribution in [0.2, 0.25) is 0 Å². The van der Waals surface area contributed by atoms with Crippen molar-refractivity contribution in [2.45, 2.75) is 51.9 Å². The lowest BCUT2D eigenvalue weighted by Crippen LogP contribution is -2.44. The van der Waals surface area contributed by atoms with Gasteiger partial charge in [-0.3, -0.25) is 14.4 Å². The van der Waals surface area contributed by atoms with Crippen molar-refractivity contribution in [2.75, 3.05) is 11.4 Å². The minimum atomic E-state index is -0.469. The number of carbonyl (C=O) groups is 3. The molecule has 0 bridgehead atoms. The average Bonchev–Trinajstić information content (AvgIpc) is 3.38. The van der Waals surface area contributed by atoms with Crippen LogP contribution in [0.25, 0.3) is 0 Å². The molecule has 2 heterocycles. The number of para-hydroxylation sites is 1. The smallest absolute Gasteiger partial charge is 0.256 e. The van der Waals surface area contributed by atoms with Crippen LogP contribution in [0.3, 0.4) is 0 Å². The van der Waals surface area contributed by atoms with E-state index in [1.165, 1.54) is 0 Å². The van der Waals surface area contributed by atoms with Gasteiger partial charge in [-0.05, 0) is 68.1 Å². The molecule has 0 aromatic heterocycles. The summed E-state index contributed by atoms with van der Waals surface area (Å²) in [7, 11) is 0. The van der Waals surface area contributed by atoms with Crippen LogP contribution in [-0.2, 0) is 17.9 Å². The lowest BCUT2D eigenvalue weighted by atomic mass is 10.0. The van der Waals surface area contributed by atoms with Gasteiger partial charge >= 0.3 is 0 Å². The maximum Gasteiger partial charge on any atom is 0.256 e. The summed E-state index contributed by atoms with van der Waals surface area (Å²) in [6.07, 6.45) is 1.56. The maximum absolute atomic E-state index is 13.6. The second-order valence-corrected chi connectivity index (χ2v) is 9.75. The van der Waals surface area contributed by atoms with Crippen molar-refractivity contribution in [3.05, 3.63) is 95.1 Å². The Kier molecular flexibility index (Phi) is 6.95. The Morgan fingerprint density at radius 2 is 1.73 bits per heavy atom. The topological polar surface area (TPSA) is 79.0 Å². The van der Waals surface area contributed by atoms with Crippen LogP contribution in [0.1, 0.15) is 58.5 Å². The summed E-state index contributed by atoms with van der Waals surface area (Å²) in [5, 5.41) is 2.99. The first-order valence-corrected chi connectivity index (χ1v) is 12.8.